The monoisotopic (exact) mass is 267 g/mol. The molecule has 0 spiro atoms. The van der Waals surface area contributed by atoms with Crippen molar-refractivity contribution in [1.29, 1.82) is 0 Å². The number of aromatic hydroxyl groups is 2. The second-order valence-corrected chi connectivity index (χ2v) is 4.93. The van der Waals surface area contributed by atoms with Crippen molar-refractivity contribution in [2.24, 2.45) is 0 Å². The molecule has 1 atom stereocenters. The van der Waals surface area contributed by atoms with Crippen molar-refractivity contribution >= 4 is 5.97 Å². The van der Waals surface area contributed by atoms with Crippen molar-refractivity contribution in [2.75, 3.05) is 6.54 Å². The first-order valence-electron chi connectivity index (χ1n) is 6.31. The standard InChI is InChI=1S/C14H21NO4/c1-9(2)15(5-4-14(18)19)10(3)11-6-12(16)8-13(17)7-11/h6-10,16-17H,4-5H2,1-3H3,(H,18,19). The second kappa shape index (κ2) is 6.43. The largest absolute Gasteiger partial charge is 0.508 e. The fourth-order valence-corrected chi connectivity index (χ4v) is 2.17. The van der Waals surface area contributed by atoms with Crippen molar-refractivity contribution in [1.82, 2.24) is 4.90 Å². The van der Waals surface area contributed by atoms with Gasteiger partial charge in [-0.1, -0.05) is 0 Å². The normalized spacial score (nSPS) is 12.9. The Balaban J connectivity index is 2.91. The molecule has 1 unspecified atom stereocenters. The zero-order valence-corrected chi connectivity index (χ0v) is 11.5. The highest BCUT2D eigenvalue weighted by molar-refractivity contribution is 5.66. The van der Waals surface area contributed by atoms with Gasteiger partial charge < -0.3 is 15.3 Å². The number of benzene rings is 1. The van der Waals surface area contributed by atoms with Crippen LogP contribution in [0.2, 0.25) is 0 Å². The zero-order chi connectivity index (χ0) is 14.6. The maximum absolute atomic E-state index is 10.7. The molecule has 1 aromatic carbocycles. The number of aliphatic carboxylic acids is 1. The van der Waals surface area contributed by atoms with Crippen molar-refractivity contribution in [3.63, 3.8) is 0 Å². The Labute approximate surface area is 113 Å². The molecular formula is C14H21NO4. The summed E-state index contributed by atoms with van der Waals surface area (Å²) >= 11 is 0. The van der Waals surface area contributed by atoms with Gasteiger partial charge in [0, 0.05) is 24.7 Å². The highest BCUT2D eigenvalue weighted by atomic mass is 16.4. The summed E-state index contributed by atoms with van der Waals surface area (Å²) in [4.78, 5) is 12.7. The lowest BCUT2D eigenvalue weighted by Crippen LogP contribution is -2.35. The SMILES string of the molecule is CC(C)N(CCC(=O)O)C(C)c1cc(O)cc(O)c1. The molecule has 3 N–H and O–H groups in total. The average Bonchev–Trinajstić information content (AvgIpc) is 2.26. The lowest BCUT2D eigenvalue weighted by Gasteiger charge is -2.32. The lowest BCUT2D eigenvalue weighted by atomic mass is 10.0. The van der Waals surface area contributed by atoms with E-state index in [1.807, 2.05) is 25.7 Å². The predicted octanol–water partition coefficient (Wildman–Crippen LogP) is 2.34. The van der Waals surface area contributed by atoms with E-state index in [2.05, 4.69) is 0 Å². The molecule has 0 saturated carbocycles. The Morgan fingerprint density at radius 3 is 2.11 bits per heavy atom. The van der Waals surface area contributed by atoms with Crippen LogP contribution < -0.4 is 0 Å². The third-order valence-electron chi connectivity index (χ3n) is 3.15. The molecule has 0 heterocycles. The van der Waals surface area contributed by atoms with Crippen LogP contribution in [0.4, 0.5) is 0 Å². The highest BCUT2D eigenvalue weighted by Crippen LogP contribution is 2.29. The maximum Gasteiger partial charge on any atom is 0.304 e. The molecule has 0 amide bonds. The summed E-state index contributed by atoms with van der Waals surface area (Å²) in [6.45, 7) is 6.32. The molecule has 0 saturated heterocycles. The Bertz CT molecular complexity index is 425. The molecule has 1 rings (SSSR count). The fraction of sp³-hybridized carbons (Fsp3) is 0.500. The van der Waals surface area contributed by atoms with E-state index >= 15 is 0 Å². The van der Waals surface area contributed by atoms with Gasteiger partial charge in [-0.15, -0.1) is 0 Å². The first-order valence-corrected chi connectivity index (χ1v) is 6.31. The van der Waals surface area contributed by atoms with Gasteiger partial charge in [0.1, 0.15) is 11.5 Å². The minimum absolute atomic E-state index is 0.00351. The van der Waals surface area contributed by atoms with Gasteiger partial charge in [0.05, 0.1) is 6.42 Å². The molecule has 0 aromatic heterocycles. The molecule has 5 nitrogen and oxygen atoms in total. The Hall–Kier alpha value is -1.75. The molecule has 0 radical (unpaired) electrons. The molecule has 0 fully saturated rings. The molecule has 0 aliphatic rings. The van der Waals surface area contributed by atoms with Crippen LogP contribution in [0.5, 0.6) is 11.5 Å². The molecule has 5 heteroatoms. The number of rotatable bonds is 6. The topological polar surface area (TPSA) is 81.0 Å². The number of carboxylic acid groups (broad SMARTS) is 1. The van der Waals surface area contributed by atoms with Gasteiger partial charge in [-0.05, 0) is 38.5 Å². The number of carboxylic acids is 1. The smallest absolute Gasteiger partial charge is 0.304 e. The van der Waals surface area contributed by atoms with E-state index in [1.165, 1.54) is 6.07 Å². The molecule has 0 aliphatic heterocycles. The number of hydrogen-bond donors (Lipinski definition) is 3. The lowest BCUT2D eigenvalue weighted by molar-refractivity contribution is -0.137. The highest BCUT2D eigenvalue weighted by Gasteiger charge is 2.20. The summed E-state index contributed by atoms with van der Waals surface area (Å²) in [7, 11) is 0. The average molecular weight is 267 g/mol. The number of phenolic OH excluding ortho intramolecular Hbond substituents is 2. The maximum atomic E-state index is 10.7. The van der Waals surface area contributed by atoms with Crippen LogP contribution in [0.25, 0.3) is 0 Å². The molecule has 106 valence electrons. The number of hydrogen-bond acceptors (Lipinski definition) is 4. The van der Waals surface area contributed by atoms with E-state index in [0.29, 0.717) is 6.54 Å². The number of phenols is 2. The summed E-state index contributed by atoms with van der Waals surface area (Å²) in [5.74, 6) is -0.829. The van der Waals surface area contributed by atoms with Gasteiger partial charge in [0.15, 0.2) is 0 Å². The molecule has 19 heavy (non-hydrogen) atoms. The minimum Gasteiger partial charge on any atom is -0.508 e. The Kier molecular flexibility index (Phi) is 5.18. The van der Waals surface area contributed by atoms with Crippen LogP contribution >= 0.6 is 0 Å². The van der Waals surface area contributed by atoms with Crippen LogP contribution in [-0.2, 0) is 4.79 Å². The van der Waals surface area contributed by atoms with Gasteiger partial charge in [-0.3, -0.25) is 9.69 Å². The van der Waals surface area contributed by atoms with Crippen LogP contribution in [0.1, 0.15) is 38.8 Å². The quantitative estimate of drug-likeness (QED) is 0.737. The molecule has 0 aliphatic carbocycles. The Morgan fingerprint density at radius 1 is 1.16 bits per heavy atom. The van der Waals surface area contributed by atoms with Gasteiger partial charge in [-0.25, -0.2) is 0 Å². The van der Waals surface area contributed by atoms with E-state index in [1.54, 1.807) is 12.1 Å². The number of nitrogens with zero attached hydrogens (tertiary/aromatic N) is 1. The van der Waals surface area contributed by atoms with E-state index in [9.17, 15) is 15.0 Å². The van der Waals surface area contributed by atoms with Crippen molar-refractivity contribution < 1.29 is 20.1 Å². The van der Waals surface area contributed by atoms with Crippen molar-refractivity contribution in [2.45, 2.75) is 39.3 Å². The molecule has 0 bridgehead atoms. The number of carbonyl (C=O) groups is 1. The van der Waals surface area contributed by atoms with E-state index in [-0.39, 0.29) is 30.0 Å². The van der Waals surface area contributed by atoms with Gasteiger partial charge in [0.2, 0.25) is 0 Å². The summed E-state index contributed by atoms with van der Waals surface area (Å²) < 4.78 is 0. The minimum atomic E-state index is -0.836. The Morgan fingerprint density at radius 2 is 1.68 bits per heavy atom. The van der Waals surface area contributed by atoms with E-state index in [0.717, 1.165) is 5.56 Å². The summed E-state index contributed by atoms with van der Waals surface area (Å²) in [6, 6.07) is 4.52. The fourth-order valence-electron chi connectivity index (χ4n) is 2.17. The van der Waals surface area contributed by atoms with Gasteiger partial charge in [-0.2, -0.15) is 0 Å². The summed E-state index contributed by atoms with van der Waals surface area (Å²) in [5, 5.41) is 27.8. The van der Waals surface area contributed by atoms with Crippen molar-refractivity contribution in [3.8, 4) is 11.5 Å². The third kappa shape index (κ3) is 4.44. The van der Waals surface area contributed by atoms with Crippen LogP contribution in [-0.4, -0.2) is 38.8 Å². The summed E-state index contributed by atoms with van der Waals surface area (Å²) in [6.07, 6.45) is 0.0628. The first kappa shape index (κ1) is 15.3. The second-order valence-electron chi connectivity index (χ2n) is 4.93. The zero-order valence-electron chi connectivity index (χ0n) is 11.5. The third-order valence-corrected chi connectivity index (χ3v) is 3.15. The summed E-state index contributed by atoms with van der Waals surface area (Å²) in [5.41, 5.74) is 0.761. The van der Waals surface area contributed by atoms with Crippen molar-refractivity contribution in [3.05, 3.63) is 23.8 Å². The molecular weight excluding hydrogens is 246 g/mol. The van der Waals surface area contributed by atoms with Crippen LogP contribution in [0.15, 0.2) is 18.2 Å². The van der Waals surface area contributed by atoms with E-state index in [4.69, 9.17) is 5.11 Å². The van der Waals surface area contributed by atoms with Gasteiger partial charge in [0.25, 0.3) is 0 Å². The van der Waals surface area contributed by atoms with Crippen LogP contribution in [0, 0.1) is 0 Å². The van der Waals surface area contributed by atoms with Gasteiger partial charge >= 0.3 is 5.97 Å². The predicted molar refractivity (Wildman–Crippen MR) is 72.3 cm³/mol. The molecule has 1 aromatic rings. The van der Waals surface area contributed by atoms with Crippen LogP contribution in [0.3, 0.4) is 0 Å². The first-order chi connectivity index (χ1) is 8.81. The van der Waals surface area contributed by atoms with E-state index < -0.39 is 5.97 Å².